The number of hydrogen-bond donors (Lipinski definition) is 0. The molecule has 0 saturated heterocycles. The molecule has 0 radical (unpaired) electrons. The van der Waals surface area contributed by atoms with Crippen LogP contribution in [0.1, 0.15) is 18.9 Å². The van der Waals surface area contributed by atoms with Crippen molar-refractivity contribution in [3.05, 3.63) is 30.8 Å². The molecule has 14 heavy (non-hydrogen) atoms. The first-order chi connectivity index (χ1) is 6.66. The van der Waals surface area contributed by atoms with Gasteiger partial charge in [0.25, 0.3) is 0 Å². The highest BCUT2D eigenvalue weighted by molar-refractivity contribution is 14.1. The van der Waals surface area contributed by atoms with Crippen LogP contribution in [0.25, 0.3) is 0 Å². The summed E-state index contributed by atoms with van der Waals surface area (Å²) in [5, 5.41) is 0.834. The van der Waals surface area contributed by atoms with Crippen LogP contribution in [0, 0.1) is 3.57 Å². The lowest BCUT2D eigenvalue weighted by molar-refractivity contribution is 1.10. The van der Waals surface area contributed by atoms with Gasteiger partial charge in [0.1, 0.15) is 0 Å². The molecule has 0 atom stereocenters. The van der Waals surface area contributed by atoms with Gasteiger partial charge < -0.3 is 0 Å². The fraction of sp³-hybridized carbons (Fsp3) is 0.400. The van der Waals surface area contributed by atoms with Crippen molar-refractivity contribution in [2.75, 3.05) is 5.75 Å². The molecule has 0 aliphatic carbocycles. The first-order valence-electron chi connectivity index (χ1n) is 4.37. The molecule has 0 aliphatic heterocycles. The van der Waals surface area contributed by atoms with E-state index in [0.717, 1.165) is 18.8 Å². The molecular formula is C10H11BrClIS. The molecule has 0 bridgehead atoms. The molecule has 78 valence electrons. The maximum absolute atomic E-state index is 6.13. The molecule has 0 N–H and O–H groups in total. The van der Waals surface area contributed by atoms with Gasteiger partial charge in [-0.15, -0.1) is 0 Å². The maximum atomic E-state index is 6.13. The number of thioether (sulfide) groups is 1. The number of benzene rings is 1. The van der Waals surface area contributed by atoms with E-state index in [1.54, 1.807) is 0 Å². The third kappa shape index (κ3) is 3.58. The van der Waals surface area contributed by atoms with Crippen molar-refractivity contribution in [1.29, 1.82) is 0 Å². The molecule has 4 heteroatoms. The van der Waals surface area contributed by atoms with E-state index < -0.39 is 0 Å². The zero-order chi connectivity index (χ0) is 10.6. The monoisotopic (exact) mass is 404 g/mol. The summed E-state index contributed by atoms with van der Waals surface area (Å²) in [7, 11) is 0. The highest BCUT2D eigenvalue weighted by atomic mass is 127. The summed E-state index contributed by atoms with van der Waals surface area (Å²) in [5.41, 5.74) is 1.29. The van der Waals surface area contributed by atoms with Gasteiger partial charge in [-0.3, -0.25) is 0 Å². The average molecular weight is 406 g/mol. The van der Waals surface area contributed by atoms with Gasteiger partial charge in [0.2, 0.25) is 0 Å². The molecule has 0 amide bonds. The van der Waals surface area contributed by atoms with Crippen LogP contribution in [0.3, 0.4) is 0 Å². The fourth-order valence-electron chi connectivity index (χ4n) is 1.00. The second-order valence-corrected chi connectivity index (χ2v) is 6.33. The Bertz CT molecular complexity index is 317. The first-order valence-corrected chi connectivity index (χ1v) is 7.77. The van der Waals surface area contributed by atoms with Gasteiger partial charge in [-0.25, -0.2) is 0 Å². The molecule has 1 rings (SSSR count). The quantitative estimate of drug-likeness (QED) is 0.370. The van der Waals surface area contributed by atoms with Crippen molar-refractivity contribution in [2.45, 2.75) is 19.1 Å². The van der Waals surface area contributed by atoms with Crippen LogP contribution in [0.2, 0.25) is 5.02 Å². The minimum Gasteiger partial charge on any atom is -0.157 e. The third-order valence-corrected chi connectivity index (χ3v) is 5.68. The molecule has 0 aromatic heterocycles. The van der Waals surface area contributed by atoms with Gasteiger partial charge in [-0.1, -0.05) is 24.6 Å². The number of halogens is 3. The predicted octanol–water partition coefficient (Wildman–Crippen LogP) is 5.35. The van der Waals surface area contributed by atoms with Gasteiger partial charge in [0.15, 0.2) is 0 Å². The standard InChI is InChI=1S/C10H11BrClIS/c1-2-5-14-6-7-3-4-8(13)10(12)9(7)11/h3-4H,2,5-6H2,1H3. The molecule has 0 nitrogen and oxygen atoms in total. The van der Waals surface area contributed by atoms with E-state index in [1.807, 2.05) is 11.8 Å². The fourth-order valence-corrected chi connectivity index (χ4v) is 3.57. The van der Waals surface area contributed by atoms with Crippen molar-refractivity contribution >= 4 is 61.9 Å². The van der Waals surface area contributed by atoms with Crippen LogP contribution in [0.15, 0.2) is 16.6 Å². The molecular weight excluding hydrogens is 394 g/mol. The molecule has 1 aromatic rings. The van der Waals surface area contributed by atoms with Gasteiger partial charge in [0, 0.05) is 13.8 Å². The smallest absolute Gasteiger partial charge is 0.0684 e. The van der Waals surface area contributed by atoms with Gasteiger partial charge >= 0.3 is 0 Å². The molecule has 0 fully saturated rings. The van der Waals surface area contributed by atoms with Crippen LogP contribution in [-0.4, -0.2) is 5.75 Å². The molecule has 0 heterocycles. The first kappa shape index (κ1) is 13.1. The number of hydrogen-bond acceptors (Lipinski definition) is 1. The second kappa shape index (κ2) is 6.61. The van der Waals surface area contributed by atoms with Crippen molar-refractivity contribution in [3.63, 3.8) is 0 Å². The molecule has 0 saturated carbocycles. The predicted molar refractivity (Wildman–Crippen MR) is 78.3 cm³/mol. The molecule has 0 spiro atoms. The Labute approximate surface area is 116 Å². The summed E-state index contributed by atoms with van der Waals surface area (Å²) in [6.45, 7) is 2.20. The van der Waals surface area contributed by atoms with Crippen molar-refractivity contribution < 1.29 is 0 Å². The Hall–Kier alpha value is 1.07. The van der Waals surface area contributed by atoms with Crippen LogP contribution >= 0.6 is 61.9 Å². The van der Waals surface area contributed by atoms with E-state index in [4.69, 9.17) is 11.6 Å². The summed E-state index contributed by atoms with van der Waals surface area (Å²) >= 11 is 13.9. The van der Waals surface area contributed by atoms with Gasteiger partial charge in [-0.2, -0.15) is 11.8 Å². The Morgan fingerprint density at radius 1 is 1.50 bits per heavy atom. The highest BCUT2D eigenvalue weighted by Crippen LogP contribution is 2.32. The minimum absolute atomic E-state index is 0.834. The Morgan fingerprint density at radius 2 is 2.21 bits per heavy atom. The van der Waals surface area contributed by atoms with Gasteiger partial charge in [0.05, 0.1) is 5.02 Å². The maximum Gasteiger partial charge on any atom is 0.0684 e. The van der Waals surface area contributed by atoms with E-state index in [-0.39, 0.29) is 0 Å². The highest BCUT2D eigenvalue weighted by Gasteiger charge is 2.07. The van der Waals surface area contributed by atoms with Crippen molar-refractivity contribution in [2.24, 2.45) is 0 Å². The topological polar surface area (TPSA) is 0 Å². The SMILES string of the molecule is CCCSCc1ccc(I)c(Cl)c1Br. The van der Waals surface area contributed by atoms with E-state index in [1.165, 1.54) is 17.7 Å². The summed E-state index contributed by atoms with van der Waals surface area (Å²) in [6, 6.07) is 4.20. The normalized spacial score (nSPS) is 10.6. The third-order valence-electron chi connectivity index (χ3n) is 1.72. The number of rotatable bonds is 4. The van der Waals surface area contributed by atoms with Crippen LogP contribution in [-0.2, 0) is 5.75 Å². The average Bonchev–Trinajstić information content (AvgIpc) is 2.18. The van der Waals surface area contributed by atoms with Crippen LogP contribution in [0.5, 0.6) is 0 Å². The van der Waals surface area contributed by atoms with E-state index >= 15 is 0 Å². The molecule has 0 unspecified atom stereocenters. The Balaban J connectivity index is 2.73. The minimum atomic E-state index is 0.834. The Morgan fingerprint density at radius 3 is 2.86 bits per heavy atom. The lowest BCUT2D eigenvalue weighted by Gasteiger charge is -2.06. The Kier molecular flexibility index (Phi) is 6.20. The lowest BCUT2D eigenvalue weighted by Crippen LogP contribution is -1.87. The lowest BCUT2D eigenvalue weighted by atomic mass is 10.2. The molecule has 0 aliphatic rings. The zero-order valence-electron chi connectivity index (χ0n) is 7.82. The second-order valence-electron chi connectivity index (χ2n) is 2.89. The van der Waals surface area contributed by atoms with Crippen LogP contribution < -0.4 is 0 Å². The van der Waals surface area contributed by atoms with Gasteiger partial charge in [-0.05, 0) is 62.3 Å². The summed E-state index contributed by atoms with van der Waals surface area (Å²) in [6.07, 6.45) is 1.22. The van der Waals surface area contributed by atoms with E-state index in [2.05, 4.69) is 57.6 Å². The largest absolute Gasteiger partial charge is 0.157 e. The summed E-state index contributed by atoms with van der Waals surface area (Å²) in [4.78, 5) is 0. The van der Waals surface area contributed by atoms with Crippen molar-refractivity contribution in [1.82, 2.24) is 0 Å². The van der Waals surface area contributed by atoms with Crippen LogP contribution in [0.4, 0.5) is 0 Å². The zero-order valence-corrected chi connectivity index (χ0v) is 13.1. The van der Waals surface area contributed by atoms with E-state index in [9.17, 15) is 0 Å². The summed E-state index contributed by atoms with van der Waals surface area (Å²) < 4.78 is 2.15. The van der Waals surface area contributed by atoms with E-state index in [0.29, 0.717) is 0 Å². The summed E-state index contributed by atoms with van der Waals surface area (Å²) in [5.74, 6) is 2.24. The van der Waals surface area contributed by atoms with Crippen molar-refractivity contribution in [3.8, 4) is 0 Å². The molecule has 1 aromatic carbocycles.